The number of aromatic nitrogens is 3. The Morgan fingerprint density at radius 2 is 2.16 bits per heavy atom. The monoisotopic (exact) mass is 453 g/mol. The topological polar surface area (TPSA) is 71.5 Å². The Labute approximate surface area is 194 Å². The maximum atomic E-state index is 12.8. The van der Waals surface area contributed by atoms with Gasteiger partial charge >= 0.3 is 0 Å². The van der Waals surface area contributed by atoms with Gasteiger partial charge in [-0.25, -0.2) is 9.97 Å². The van der Waals surface area contributed by atoms with Crippen molar-refractivity contribution in [1.82, 2.24) is 24.8 Å². The molecule has 0 aromatic carbocycles. The first-order valence-corrected chi connectivity index (χ1v) is 12.3. The Hall–Kier alpha value is -2.29. The Morgan fingerprint density at radius 1 is 1.28 bits per heavy atom. The summed E-state index contributed by atoms with van der Waals surface area (Å²) in [5.74, 6) is 1.27. The molecule has 170 valence electrons. The number of pyridine rings is 1. The highest BCUT2D eigenvalue weighted by molar-refractivity contribution is 7.99. The third-order valence-electron chi connectivity index (χ3n) is 5.95. The van der Waals surface area contributed by atoms with Crippen LogP contribution < -0.4 is 0 Å². The van der Waals surface area contributed by atoms with Crippen molar-refractivity contribution in [3.8, 4) is 0 Å². The number of rotatable bonds is 7. The molecule has 4 heterocycles. The third-order valence-corrected chi connectivity index (χ3v) is 6.80. The largest absolute Gasteiger partial charge is 0.379 e. The SMILES string of the molecule is Cc1cnc(SCCN2CCOCC2)nc1C1CCCN(C(=O)/C=C/c2cccnc2)C1. The van der Waals surface area contributed by atoms with Gasteiger partial charge in [0.15, 0.2) is 5.16 Å². The van der Waals surface area contributed by atoms with Crippen molar-refractivity contribution in [3.63, 3.8) is 0 Å². The number of carbonyl (C=O) groups is 1. The van der Waals surface area contributed by atoms with Gasteiger partial charge in [0.05, 0.1) is 18.9 Å². The minimum atomic E-state index is 0.0466. The molecule has 2 aliphatic rings. The van der Waals surface area contributed by atoms with Crippen LogP contribution in [-0.4, -0.2) is 82.3 Å². The van der Waals surface area contributed by atoms with E-state index in [0.717, 1.165) is 80.0 Å². The number of carbonyl (C=O) groups excluding carboxylic acids is 1. The van der Waals surface area contributed by atoms with E-state index >= 15 is 0 Å². The highest BCUT2D eigenvalue weighted by atomic mass is 32.2. The second-order valence-electron chi connectivity index (χ2n) is 8.27. The summed E-state index contributed by atoms with van der Waals surface area (Å²) >= 11 is 1.71. The van der Waals surface area contributed by atoms with Crippen LogP contribution in [0.15, 0.2) is 42.0 Å². The van der Waals surface area contributed by atoms with E-state index < -0.39 is 0 Å². The number of hydrogen-bond donors (Lipinski definition) is 0. The number of amides is 1. The fourth-order valence-corrected chi connectivity index (χ4v) is 4.98. The molecule has 0 bridgehead atoms. The lowest BCUT2D eigenvalue weighted by atomic mass is 9.92. The first-order valence-electron chi connectivity index (χ1n) is 11.3. The maximum absolute atomic E-state index is 12.8. The van der Waals surface area contributed by atoms with Gasteiger partial charge in [0.25, 0.3) is 0 Å². The van der Waals surface area contributed by atoms with Crippen molar-refractivity contribution in [2.24, 2.45) is 0 Å². The van der Waals surface area contributed by atoms with E-state index in [2.05, 4.69) is 21.8 Å². The molecule has 2 aliphatic heterocycles. The molecule has 0 N–H and O–H groups in total. The first kappa shape index (κ1) is 22.9. The number of ether oxygens (including phenoxy) is 1. The summed E-state index contributed by atoms with van der Waals surface area (Å²) < 4.78 is 5.42. The summed E-state index contributed by atoms with van der Waals surface area (Å²) in [4.78, 5) is 30.7. The Morgan fingerprint density at radius 3 is 2.97 bits per heavy atom. The zero-order chi connectivity index (χ0) is 22.2. The van der Waals surface area contributed by atoms with Gasteiger partial charge in [0, 0.05) is 69.1 Å². The predicted molar refractivity (Wildman–Crippen MR) is 127 cm³/mol. The number of likely N-dealkylation sites (tertiary alicyclic amines) is 1. The predicted octanol–water partition coefficient (Wildman–Crippen LogP) is 3.02. The van der Waals surface area contributed by atoms with Crippen LogP contribution in [-0.2, 0) is 9.53 Å². The van der Waals surface area contributed by atoms with Gasteiger partial charge in [-0.15, -0.1) is 0 Å². The summed E-state index contributed by atoms with van der Waals surface area (Å²) in [5, 5.41) is 0.832. The lowest BCUT2D eigenvalue weighted by Crippen LogP contribution is -2.38. The number of thioether (sulfide) groups is 1. The Bertz CT molecular complexity index is 918. The summed E-state index contributed by atoms with van der Waals surface area (Å²) in [6, 6.07) is 3.81. The van der Waals surface area contributed by atoms with Gasteiger partial charge in [-0.2, -0.15) is 0 Å². The van der Waals surface area contributed by atoms with E-state index in [9.17, 15) is 4.79 Å². The van der Waals surface area contributed by atoms with Crippen LogP contribution in [0, 0.1) is 6.92 Å². The van der Waals surface area contributed by atoms with Crippen LogP contribution in [0.1, 0.15) is 35.6 Å². The smallest absolute Gasteiger partial charge is 0.246 e. The second-order valence-corrected chi connectivity index (χ2v) is 9.33. The van der Waals surface area contributed by atoms with E-state index in [-0.39, 0.29) is 11.8 Å². The molecule has 1 atom stereocenters. The number of hydrogen-bond acceptors (Lipinski definition) is 7. The number of nitrogens with zero attached hydrogens (tertiary/aromatic N) is 5. The molecular weight excluding hydrogens is 422 g/mol. The van der Waals surface area contributed by atoms with Gasteiger partial charge in [-0.1, -0.05) is 17.8 Å². The molecule has 1 unspecified atom stereocenters. The van der Waals surface area contributed by atoms with Crippen LogP contribution in [0.25, 0.3) is 6.08 Å². The van der Waals surface area contributed by atoms with Crippen molar-refractivity contribution in [2.75, 3.05) is 51.7 Å². The molecule has 7 nitrogen and oxygen atoms in total. The summed E-state index contributed by atoms with van der Waals surface area (Å²) in [5.41, 5.74) is 3.12. The minimum Gasteiger partial charge on any atom is -0.379 e. The Balaban J connectivity index is 1.35. The highest BCUT2D eigenvalue weighted by Gasteiger charge is 2.26. The molecule has 32 heavy (non-hydrogen) atoms. The molecule has 0 spiro atoms. The number of morpholine rings is 1. The second kappa shape index (κ2) is 11.5. The van der Waals surface area contributed by atoms with Gasteiger partial charge < -0.3 is 9.64 Å². The van der Waals surface area contributed by atoms with Crippen molar-refractivity contribution in [2.45, 2.75) is 30.8 Å². The number of aryl methyl sites for hydroxylation is 1. The van der Waals surface area contributed by atoms with Crippen LogP contribution in [0.5, 0.6) is 0 Å². The van der Waals surface area contributed by atoms with E-state index in [4.69, 9.17) is 9.72 Å². The molecule has 2 fully saturated rings. The van der Waals surface area contributed by atoms with Crippen molar-refractivity contribution >= 4 is 23.7 Å². The van der Waals surface area contributed by atoms with Gasteiger partial charge in [-0.3, -0.25) is 14.7 Å². The third kappa shape index (κ3) is 6.37. The standard InChI is InChI=1S/C24H31N5O2S/c1-19-16-26-24(32-15-12-28-10-13-31-14-11-28)27-23(19)21-5-3-9-29(18-21)22(30)7-6-20-4-2-8-25-17-20/h2,4,6-8,16-17,21H,3,5,9-15,18H2,1H3/b7-6+. The molecule has 2 aromatic heterocycles. The van der Waals surface area contributed by atoms with Crippen LogP contribution in [0.4, 0.5) is 0 Å². The molecule has 0 radical (unpaired) electrons. The van der Waals surface area contributed by atoms with Crippen LogP contribution >= 0.6 is 11.8 Å². The zero-order valence-electron chi connectivity index (χ0n) is 18.7. The first-order chi connectivity index (χ1) is 15.7. The van der Waals surface area contributed by atoms with Crippen LogP contribution in [0.3, 0.4) is 0 Å². The van der Waals surface area contributed by atoms with E-state index in [1.807, 2.05) is 29.3 Å². The highest BCUT2D eigenvalue weighted by Crippen LogP contribution is 2.29. The minimum absolute atomic E-state index is 0.0466. The quantitative estimate of drug-likeness (QED) is 0.362. The van der Waals surface area contributed by atoms with E-state index in [0.29, 0.717) is 6.54 Å². The molecule has 0 saturated carbocycles. The molecule has 4 rings (SSSR count). The molecule has 2 aromatic rings. The number of piperidine rings is 1. The molecule has 1 amide bonds. The van der Waals surface area contributed by atoms with Crippen molar-refractivity contribution in [1.29, 1.82) is 0 Å². The molecule has 0 aliphatic carbocycles. The van der Waals surface area contributed by atoms with Crippen molar-refractivity contribution in [3.05, 3.63) is 53.6 Å². The average Bonchev–Trinajstić information content (AvgIpc) is 2.85. The van der Waals surface area contributed by atoms with E-state index in [1.165, 1.54) is 0 Å². The lowest BCUT2D eigenvalue weighted by molar-refractivity contribution is -0.127. The molecular formula is C24H31N5O2S. The van der Waals surface area contributed by atoms with Gasteiger partial charge in [-0.05, 0) is 43.0 Å². The fraction of sp³-hybridized carbons (Fsp3) is 0.500. The maximum Gasteiger partial charge on any atom is 0.246 e. The van der Waals surface area contributed by atoms with Crippen LogP contribution in [0.2, 0.25) is 0 Å². The lowest BCUT2D eigenvalue weighted by Gasteiger charge is -2.32. The van der Waals surface area contributed by atoms with Crippen molar-refractivity contribution < 1.29 is 9.53 Å². The van der Waals surface area contributed by atoms with Gasteiger partial charge in [0.1, 0.15) is 0 Å². The summed E-state index contributed by atoms with van der Waals surface area (Å²) in [6.07, 6.45) is 10.9. The fourth-order valence-electron chi connectivity index (χ4n) is 4.16. The van der Waals surface area contributed by atoms with Gasteiger partial charge in [0.2, 0.25) is 5.91 Å². The molecule has 2 saturated heterocycles. The normalized spacial score (nSPS) is 20.0. The van der Waals surface area contributed by atoms with E-state index in [1.54, 1.807) is 30.2 Å². The molecule has 8 heteroatoms. The Kier molecular flexibility index (Phi) is 8.25. The average molecular weight is 454 g/mol. The summed E-state index contributed by atoms with van der Waals surface area (Å²) in [6.45, 7) is 8.23. The zero-order valence-corrected chi connectivity index (χ0v) is 19.5. The summed E-state index contributed by atoms with van der Waals surface area (Å²) in [7, 11) is 0.